The molecule has 2 heterocycles. The van der Waals surface area contributed by atoms with E-state index in [1.807, 2.05) is 32.0 Å². The summed E-state index contributed by atoms with van der Waals surface area (Å²) in [6.45, 7) is 4.73. The standard InChI is InChI=1S/C23H21FN4O2/c1-13(2)26-10-9-19-21-20(16-5-3-4-6-18(16)27-19)22(29)28(23(21)30)15-7-8-17(24)14(11-15)12-25/h3-8,11,13,23,26,30H,9-10H2,1-2H3. The third-order valence-corrected chi connectivity index (χ3v) is 5.21. The van der Waals surface area contributed by atoms with Gasteiger partial charge in [-0.2, -0.15) is 5.26 Å². The average Bonchev–Trinajstić information content (AvgIpc) is 2.99. The van der Waals surface area contributed by atoms with Crippen molar-refractivity contribution in [1.82, 2.24) is 10.3 Å². The second kappa shape index (κ2) is 7.82. The van der Waals surface area contributed by atoms with Crippen LogP contribution in [0, 0.1) is 17.1 Å². The van der Waals surface area contributed by atoms with Crippen LogP contribution in [0.15, 0.2) is 42.5 Å². The molecule has 0 saturated heterocycles. The maximum absolute atomic E-state index is 13.8. The number of carbonyl (C=O) groups is 1. The highest BCUT2D eigenvalue weighted by atomic mass is 19.1. The van der Waals surface area contributed by atoms with Gasteiger partial charge < -0.3 is 10.4 Å². The summed E-state index contributed by atoms with van der Waals surface area (Å²) in [5.41, 5.74) is 2.25. The number of aromatic nitrogens is 1. The number of aliphatic hydroxyl groups excluding tert-OH is 1. The van der Waals surface area contributed by atoms with Crippen molar-refractivity contribution in [3.8, 4) is 6.07 Å². The van der Waals surface area contributed by atoms with Crippen LogP contribution in [-0.2, 0) is 6.42 Å². The van der Waals surface area contributed by atoms with Crippen LogP contribution in [0.5, 0.6) is 0 Å². The number of amides is 1. The van der Waals surface area contributed by atoms with Crippen LogP contribution in [0.2, 0.25) is 0 Å². The molecule has 1 unspecified atom stereocenters. The average molecular weight is 404 g/mol. The zero-order valence-electron chi connectivity index (χ0n) is 16.7. The fourth-order valence-electron chi connectivity index (χ4n) is 3.82. The summed E-state index contributed by atoms with van der Waals surface area (Å²) < 4.78 is 13.8. The number of hydrogen-bond donors (Lipinski definition) is 2. The lowest BCUT2D eigenvalue weighted by Gasteiger charge is -2.22. The first-order valence-electron chi connectivity index (χ1n) is 9.78. The molecule has 2 N–H and O–H groups in total. The van der Waals surface area contributed by atoms with Crippen LogP contribution in [0.4, 0.5) is 10.1 Å². The predicted molar refractivity (Wildman–Crippen MR) is 111 cm³/mol. The number of hydrogen-bond acceptors (Lipinski definition) is 5. The lowest BCUT2D eigenvalue weighted by Crippen LogP contribution is -2.28. The van der Waals surface area contributed by atoms with Gasteiger partial charge in [0, 0.05) is 35.6 Å². The van der Waals surface area contributed by atoms with Crippen molar-refractivity contribution in [2.75, 3.05) is 11.4 Å². The summed E-state index contributed by atoms with van der Waals surface area (Å²) in [5.74, 6) is -1.07. The fraction of sp³-hybridized carbons (Fsp3) is 0.261. The first-order valence-corrected chi connectivity index (χ1v) is 9.78. The van der Waals surface area contributed by atoms with Crippen molar-refractivity contribution in [3.63, 3.8) is 0 Å². The molecule has 6 nitrogen and oxygen atoms in total. The SMILES string of the molecule is CC(C)NCCc1nc2ccccc2c2c1C(O)N(c1ccc(F)c(C#N)c1)C2=O. The first kappa shape index (κ1) is 20.0. The zero-order chi connectivity index (χ0) is 21.4. The van der Waals surface area contributed by atoms with E-state index in [1.165, 1.54) is 17.0 Å². The van der Waals surface area contributed by atoms with Crippen LogP contribution < -0.4 is 10.2 Å². The minimum atomic E-state index is -1.27. The Morgan fingerprint density at radius 1 is 1.30 bits per heavy atom. The lowest BCUT2D eigenvalue weighted by molar-refractivity contribution is 0.0936. The van der Waals surface area contributed by atoms with Gasteiger partial charge in [-0.1, -0.05) is 32.0 Å². The number of nitrogens with one attached hydrogen (secondary N) is 1. The van der Waals surface area contributed by atoms with E-state index in [0.29, 0.717) is 46.7 Å². The molecule has 0 aliphatic carbocycles. The van der Waals surface area contributed by atoms with Gasteiger partial charge in [-0.25, -0.2) is 4.39 Å². The second-order valence-electron chi connectivity index (χ2n) is 7.55. The normalized spacial score (nSPS) is 15.7. The summed E-state index contributed by atoms with van der Waals surface area (Å²) in [6.07, 6.45) is -0.730. The van der Waals surface area contributed by atoms with Crippen LogP contribution >= 0.6 is 0 Å². The van der Waals surface area contributed by atoms with Crippen LogP contribution in [-0.4, -0.2) is 28.6 Å². The van der Waals surface area contributed by atoms with Crippen molar-refractivity contribution in [1.29, 1.82) is 5.26 Å². The summed E-state index contributed by atoms with van der Waals surface area (Å²) in [5, 5.41) is 24.2. The molecule has 0 saturated carbocycles. The molecule has 1 amide bonds. The van der Waals surface area contributed by atoms with Gasteiger partial charge >= 0.3 is 0 Å². The quantitative estimate of drug-likeness (QED) is 0.680. The van der Waals surface area contributed by atoms with Crippen molar-refractivity contribution in [2.24, 2.45) is 0 Å². The third-order valence-electron chi connectivity index (χ3n) is 5.21. The van der Waals surface area contributed by atoms with Gasteiger partial charge in [0.1, 0.15) is 11.9 Å². The smallest absolute Gasteiger partial charge is 0.261 e. The minimum Gasteiger partial charge on any atom is -0.369 e. The molecular formula is C23H21FN4O2. The Hall–Kier alpha value is -3.34. The molecule has 152 valence electrons. The summed E-state index contributed by atoms with van der Waals surface area (Å²) in [7, 11) is 0. The third kappa shape index (κ3) is 3.30. The largest absolute Gasteiger partial charge is 0.369 e. The van der Waals surface area contributed by atoms with Crippen molar-refractivity contribution in [2.45, 2.75) is 32.5 Å². The molecule has 1 aliphatic rings. The van der Waals surface area contributed by atoms with Crippen molar-refractivity contribution < 1.29 is 14.3 Å². The van der Waals surface area contributed by atoms with Crippen molar-refractivity contribution in [3.05, 3.63) is 70.7 Å². The second-order valence-corrected chi connectivity index (χ2v) is 7.55. The van der Waals surface area contributed by atoms with Gasteiger partial charge in [0.2, 0.25) is 0 Å². The van der Waals surface area contributed by atoms with Crippen LogP contribution in [0.1, 0.15) is 47.3 Å². The van der Waals surface area contributed by atoms with Gasteiger partial charge in [0.05, 0.1) is 22.3 Å². The van der Waals surface area contributed by atoms with Gasteiger partial charge in [-0.15, -0.1) is 0 Å². The maximum atomic E-state index is 13.8. The minimum absolute atomic E-state index is 0.187. The maximum Gasteiger partial charge on any atom is 0.261 e. The molecule has 0 bridgehead atoms. The molecule has 0 spiro atoms. The Labute approximate surface area is 173 Å². The highest BCUT2D eigenvalue weighted by Gasteiger charge is 2.40. The lowest BCUT2D eigenvalue weighted by atomic mass is 10.00. The van der Waals surface area contributed by atoms with E-state index >= 15 is 0 Å². The number of aliphatic hydroxyl groups is 1. The number of para-hydroxylation sites is 1. The summed E-state index contributed by atoms with van der Waals surface area (Å²) >= 11 is 0. The Bertz CT molecular complexity index is 1190. The number of carbonyl (C=O) groups excluding carboxylic acids is 1. The summed E-state index contributed by atoms with van der Waals surface area (Å²) in [6, 6.07) is 13.2. The molecule has 1 aromatic heterocycles. The topological polar surface area (TPSA) is 89.2 Å². The first-order chi connectivity index (χ1) is 14.4. The van der Waals surface area contributed by atoms with Crippen LogP contribution in [0.25, 0.3) is 10.9 Å². The number of nitrogens with zero attached hydrogens (tertiary/aromatic N) is 3. The molecule has 1 atom stereocenters. The molecular weight excluding hydrogens is 383 g/mol. The molecule has 2 aromatic carbocycles. The molecule has 0 fully saturated rings. The highest BCUT2D eigenvalue weighted by Crippen LogP contribution is 2.41. The molecule has 1 aliphatic heterocycles. The molecule has 4 rings (SSSR count). The molecule has 30 heavy (non-hydrogen) atoms. The Kier molecular flexibility index (Phi) is 5.20. The van der Waals surface area contributed by atoms with Gasteiger partial charge in [-0.05, 0) is 24.3 Å². The number of benzene rings is 2. The highest BCUT2D eigenvalue weighted by molar-refractivity contribution is 6.18. The fourth-order valence-corrected chi connectivity index (χ4v) is 3.82. The van der Waals surface area contributed by atoms with E-state index < -0.39 is 18.0 Å². The predicted octanol–water partition coefficient (Wildman–Crippen LogP) is 3.44. The van der Waals surface area contributed by atoms with Gasteiger partial charge in [0.25, 0.3) is 5.91 Å². The van der Waals surface area contributed by atoms with E-state index in [2.05, 4.69) is 5.32 Å². The zero-order valence-corrected chi connectivity index (χ0v) is 16.7. The van der Waals surface area contributed by atoms with E-state index in [4.69, 9.17) is 10.2 Å². The number of fused-ring (bicyclic) bond motifs is 3. The van der Waals surface area contributed by atoms with Gasteiger partial charge in [-0.3, -0.25) is 14.7 Å². The van der Waals surface area contributed by atoms with E-state index in [0.717, 1.165) is 6.07 Å². The Balaban J connectivity index is 1.85. The van der Waals surface area contributed by atoms with Crippen LogP contribution in [0.3, 0.4) is 0 Å². The van der Waals surface area contributed by atoms with Crippen molar-refractivity contribution >= 4 is 22.5 Å². The number of nitriles is 1. The molecule has 7 heteroatoms. The number of rotatable bonds is 5. The number of pyridine rings is 1. The number of anilines is 1. The molecule has 3 aromatic rings. The Morgan fingerprint density at radius 2 is 2.07 bits per heavy atom. The monoisotopic (exact) mass is 404 g/mol. The number of halogens is 1. The van der Waals surface area contributed by atoms with Gasteiger partial charge in [0.15, 0.2) is 6.23 Å². The van der Waals surface area contributed by atoms with E-state index in [9.17, 15) is 14.3 Å². The Morgan fingerprint density at radius 3 is 2.80 bits per heavy atom. The molecule has 0 radical (unpaired) electrons. The summed E-state index contributed by atoms with van der Waals surface area (Å²) in [4.78, 5) is 19.3. The van der Waals surface area contributed by atoms with E-state index in [-0.39, 0.29) is 11.3 Å². The van der Waals surface area contributed by atoms with E-state index in [1.54, 1.807) is 12.1 Å².